The third-order valence-electron chi connectivity index (χ3n) is 2.53. The molecule has 2 rings (SSSR count). The summed E-state index contributed by atoms with van der Waals surface area (Å²) in [5.74, 6) is -2.02. The van der Waals surface area contributed by atoms with Crippen molar-refractivity contribution in [3.8, 4) is 0 Å². The lowest BCUT2D eigenvalue weighted by molar-refractivity contribution is -0.230. The molecule has 2 fully saturated rings. The second-order valence-corrected chi connectivity index (χ2v) is 3.84. The summed E-state index contributed by atoms with van der Waals surface area (Å²) in [6.07, 6.45) is 0. The van der Waals surface area contributed by atoms with Crippen LogP contribution in [-0.4, -0.2) is 74.7 Å². The molecule has 0 N–H and O–H groups in total. The molecule has 8 nitrogen and oxygen atoms in total. The Hall–Kier alpha value is -1.22. The zero-order chi connectivity index (χ0) is 12.8. The smallest absolute Gasteiger partial charge is 0.379 e. The van der Waals surface area contributed by atoms with Crippen molar-refractivity contribution in [1.82, 2.24) is 10.1 Å². The Balaban J connectivity index is 1.71. The van der Waals surface area contributed by atoms with Crippen molar-refractivity contribution in [1.29, 1.82) is 0 Å². The topological polar surface area (TPSA) is 77.5 Å². The first-order chi connectivity index (χ1) is 8.75. The van der Waals surface area contributed by atoms with Crippen LogP contribution in [0.5, 0.6) is 0 Å². The summed E-state index contributed by atoms with van der Waals surface area (Å²) in [4.78, 5) is 32.6. The van der Waals surface area contributed by atoms with Crippen LogP contribution in [0.15, 0.2) is 0 Å². The second kappa shape index (κ2) is 6.64. The lowest BCUT2D eigenvalue weighted by Gasteiger charge is -2.26. The van der Waals surface area contributed by atoms with Gasteiger partial charge >= 0.3 is 11.9 Å². The van der Waals surface area contributed by atoms with Crippen molar-refractivity contribution in [3.63, 3.8) is 0 Å². The third-order valence-corrected chi connectivity index (χ3v) is 2.53. The minimum Gasteiger partial charge on any atom is -0.379 e. The molecule has 0 aliphatic carbocycles. The fraction of sp³-hybridized carbons (Fsp3) is 0.800. The minimum atomic E-state index is -1.01. The highest BCUT2D eigenvalue weighted by atomic mass is 16.8. The van der Waals surface area contributed by atoms with Crippen LogP contribution in [0.25, 0.3) is 0 Å². The maximum Gasteiger partial charge on any atom is 0.438 e. The summed E-state index contributed by atoms with van der Waals surface area (Å²) in [7, 11) is 0. The van der Waals surface area contributed by atoms with Gasteiger partial charge in [0.05, 0.1) is 52.6 Å². The maximum atomic E-state index is 11.4. The molecule has 0 amide bonds. The Morgan fingerprint density at radius 3 is 1.39 bits per heavy atom. The molecule has 102 valence electrons. The van der Waals surface area contributed by atoms with E-state index in [0.717, 1.165) is 0 Å². The first kappa shape index (κ1) is 13.2. The van der Waals surface area contributed by atoms with E-state index < -0.39 is 11.9 Å². The molecule has 8 heteroatoms. The van der Waals surface area contributed by atoms with Crippen molar-refractivity contribution in [2.45, 2.75) is 0 Å². The van der Waals surface area contributed by atoms with Crippen LogP contribution in [0, 0.1) is 0 Å². The molecule has 2 aliphatic rings. The number of morpholine rings is 2. The summed E-state index contributed by atoms with van der Waals surface area (Å²) < 4.78 is 10.2. The van der Waals surface area contributed by atoms with Gasteiger partial charge in [0.25, 0.3) is 0 Å². The number of hydrogen-bond donors (Lipinski definition) is 0. The molecule has 2 saturated heterocycles. The molecular weight excluding hydrogens is 244 g/mol. The lowest BCUT2D eigenvalue weighted by Crippen LogP contribution is -2.43. The fourth-order valence-corrected chi connectivity index (χ4v) is 1.58. The van der Waals surface area contributed by atoms with Crippen LogP contribution >= 0.6 is 0 Å². The van der Waals surface area contributed by atoms with E-state index in [2.05, 4.69) is 0 Å². The Morgan fingerprint density at radius 1 is 0.722 bits per heavy atom. The molecule has 0 aromatic rings. The van der Waals surface area contributed by atoms with Crippen LogP contribution in [0.1, 0.15) is 0 Å². The fourth-order valence-electron chi connectivity index (χ4n) is 1.58. The summed E-state index contributed by atoms with van der Waals surface area (Å²) in [6.45, 7) is 3.73. The van der Waals surface area contributed by atoms with Gasteiger partial charge in [0, 0.05) is 0 Å². The average Bonchev–Trinajstić information content (AvgIpc) is 2.41. The van der Waals surface area contributed by atoms with E-state index in [1.807, 2.05) is 0 Å². The summed E-state index contributed by atoms with van der Waals surface area (Å²) >= 11 is 0. The molecule has 0 bridgehead atoms. The monoisotopic (exact) mass is 260 g/mol. The standard InChI is InChI=1S/C10H16N2O6/c13-9(17-11-1-5-15-6-2-11)10(14)18-12-3-7-16-8-4-12/h1-8H2. The number of hydroxylamine groups is 4. The Morgan fingerprint density at radius 2 is 1.06 bits per heavy atom. The van der Waals surface area contributed by atoms with Gasteiger partial charge in [0.1, 0.15) is 0 Å². The van der Waals surface area contributed by atoms with E-state index in [-0.39, 0.29) is 0 Å². The molecule has 0 radical (unpaired) electrons. The molecule has 0 spiro atoms. The van der Waals surface area contributed by atoms with E-state index in [1.54, 1.807) is 0 Å². The number of hydrogen-bond acceptors (Lipinski definition) is 8. The number of nitrogens with zero attached hydrogens (tertiary/aromatic N) is 2. The highest BCUT2D eigenvalue weighted by Crippen LogP contribution is 2.02. The van der Waals surface area contributed by atoms with Crippen molar-refractivity contribution in [2.24, 2.45) is 0 Å². The van der Waals surface area contributed by atoms with E-state index in [4.69, 9.17) is 19.1 Å². The summed E-state index contributed by atoms with van der Waals surface area (Å²) in [5, 5.41) is 2.79. The molecular formula is C10H16N2O6. The highest BCUT2D eigenvalue weighted by molar-refractivity contribution is 6.29. The third kappa shape index (κ3) is 3.91. The zero-order valence-electron chi connectivity index (χ0n) is 10.0. The molecule has 2 aliphatic heterocycles. The predicted octanol–water partition coefficient (Wildman–Crippen LogP) is -1.43. The zero-order valence-corrected chi connectivity index (χ0v) is 10.0. The maximum absolute atomic E-state index is 11.4. The largest absolute Gasteiger partial charge is 0.438 e. The van der Waals surface area contributed by atoms with Crippen LogP contribution in [0.4, 0.5) is 0 Å². The quantitative estimate of drug-likeness (QED) is 0.559. The number of ether oxygens (including phenoxy) is 2. The minimum absolute atomic E-state index is 0.455. The van der Waals surface area contributed by atoms with Gasteiger partial charge in [-0.25, -0.2) is 9.59 Å². The Bertz CT molecular complexity index is 269. The van der Waals surface area contributed by atoms with Gasteiger partial charge in [-0.3, -0.25) is 0 Å². The van der Waals surface area contributed by atoms with Crippen LogP contribution in [0.2, 0.25) is 0 Å². The van der Waals surface area contributed by atoms with Gasteiger partial charge in [0.15, 0.2) is 0 Å². The Labute approximate surface area is 104 Å². The number of rotatable bonds is 2. The van der Waals surface area contributed by atoms with Crippen molar-refractivity contribution in [3.05, 3.63) is 0 Å². The molecule has 0 aromatic carbocycles. The Kier molecular flexibility index (Phi) is 4.88. The molecule has 2 heterocycles. The van der Waals surface area contributed by atoms with E-state index >= 15 is 0 Å². The number of carbonyl (C=O) groups excluding carboxylic acids is 2. The normalized spacial score (nSPS) is 22.4. The summed E-state index contributed by atoms with van der Waals surface area (Å²) in [5.41, 5.74) is 0. The van der Waals surface area contributed by atoms with Crippen LogP contribution in [0.3, 0.4) is 0 Å². The highest BCUT2D eigenvalue weighted by Gasteiger charge is 2.26. The molecule has 18 heavy (non-hydrogen) atoms. The van der Waals surface area contributed by atoms with E-state index in [1.165, 1.54) is 10.1 Å². The second-order valence-electron chi connectivity index (χ2n) is 3.84. The first-order valence-corrected chi connectivity index (χ1v) is 5.85. The van der Waals surface area contributed by atoms with Crippen molar-refractivity contribution >= 4 is 11.9 Å². The van der Waals surface area contributed by atoms with Gasteiger partial charge in [0.2, 0.25) is 0 Å². The number of carbonyl (C=O) groups is 2. The van der Waals surface area contributed by atoms with Crippen molar-refractivity contribution < 1.29 is 28.7 Å². The molecule has 0 saturated carbocycles. The predicted molar refractivity (Wildman–Crippen MR) is 57.0 cm³/mol. The summed E-state index contributed by atoms with van der Waals surface area (Å²) in [6, 6.07) is 0. The first-order valence-electron chi connectivity index (χ1n) is 5.85. The van der Waals surface area contributed by atoms with E-state index in [9.17, 15) is 9.59 Å². The molecule has 0 aromatic heterocycles. The average molecular weight is 260 g/mol. The van der Waals surface area contributed by atoms with Gasteiger partial charge < -0.3 is 19.1 Å². The molecule has 0 atom stereocenters. The van der Waals surface area contributed by atoms with Crippen LogP contribution < -0.4 is 0 Å². The van der Waals surface area contributed by atoms with Gasteiger partial charge in [-0.2, -0.15) is 0 Å². The molecule has 0 unspecified atom stereocenters. The lowest BCUT2D eigenvalue weighted by atomic mass is 10.5. The van der Waals surface area contributed by atoms with Crippen molar-refractivity contribution in [2.75, 3.05) is 52.6 Å². The van der Waals surface area contributed by atoms with Gasteiger partial charge in [-0.15, -0.1) is 10.1 Å². The van der Waals surface area contributed by atoms with Gasteiger partial charge in [-0.05, 0) is 0 Å². The van der Waals surface area contributed by atoms with E-state index in [0.29, 0.717) is 52.6 Å². The van der Waals surface area contributed by atoms with Crippen LogP contribution in [-0.2, 0) is 28.7 Å². The van der Waals surface area contributed by atoms with Gasteiger partial charge in [-0.1, -0.05) is 0 Å². The SMILES string of the molecule is O=C(ON1CCOCC1)C(=O)ON1CCOCC1.